The number of hydrogen-bond donors (Lipinski definition) is 1. The summed E-state index contributed by atoms with van der Waals surface area (Å²) in [5, 5.41) is 0. The van der Waals surface area contributed by atoms with Gasteiger partial charge >= 0.3 is 5.69 Å². The van der Waals surface area contributed by atoms with Crippen molar-refractivity contribution in [3.63, 3.8) is 0 Å². The van der Waals surface area contributed by atoms with Crippen molar-refractivity contribution in [3.8, 4) is 17.2 Å². The van der Waals surface area contributed by atoms with Crippen LogP contribution in [0.3, 0.4) is 0 Å². The van der Waals surface area contributed by atoms with Crippen LogP contribution in [0.2, 0.25) is 0 Å². The Morgan fingerprint density at radius 2 is 1.58 bits per heavy atom. The van der Waals surface area contributed by atoms with Gasteiger partial charge in [0.1, 0.15) is 5.75 Å². The summed E-state index contributed by atoms with van der Waals surface area (Å²) < 4.78 is 14.5. The summed E-state index contributed by atoms with van der Waals surface area (Å²) in [5.74, 6) is 2.42. The van der Waals surface area contributed by atoms with Crippen LogP contribution in [0.5, 0.6) is 17.2 Å². The molecule has 1 aromatic heterocycles. The Kier molecular flexibility index (Phi) is 6.51. The highest BCUT2D eigenvalue weighted by atomic mass is 16.5. The molecule has 2 heterocycles. The van der Waals surface area contributed by atoms with Gasteiger partial charge in [-0.2, -0.15) is 0 Å². The van der Waals surface area contributed by atoms with Gasteiger partial charge in [0, 0.05) is 25.7 Å². The zero-order valence-corrected chi connectivity index (χ0v) is 20.6. The molecule has 0 radical (unpaired) electrons. The first-order valence-corrected chi connectivity index (χ1v) is 13.2. The van der Waals surface area contributed by atoms with Crippen molar-refractivity contribution in [1.29, 1.82) is 0 Å². The number of nitrogens with one attached hydrogen (secondary N) is 1. The summed E-state index contributed by atoms with van der Waals surface area (Å²) in [6, 6.07) is 24.5. The van der Waals surface area contributed by atoms with Crippen LogP contribution in [0.4, 0.5) is 0 Å². The van der Waals surface area contributed by atoms with Crippen molar-refractivity contribution in [2.45, 2.75) is 57.2 Å². The number of likely N-dealkylation sites (tertiary alicyclic amines) is 1. The highest BCUT2D eigenvalue weighted by molar-refractivity contribution is 5.75. The number of benzene rings is 3. The third-order valence-electron chi connectivity index (χ3n) is 7.52. The predicted molar refractivity (Wildman–Crippen MR) is 142 cm³/mol. The van der Waals surface area contributed by atoms with Gasteiger partial charge in [-0.15, -0.1) is 0 Å². The van der Waals surface area contributed by atoms with Crippen LogP contribution >= 0.6 is 0 Å². The molecule has 0 amide bonds. The highest BCUT2D eigenvalue weighted by Crippen LogP contribution is 2.35. The lowest BCUT2D eigenvalue weighted by Crippen LogP contribution is -2.36. The Balaban J connectivity index is 1.09. The molecule has 0 unspecified atom stereocenters. The molecule has 1 saturated heterocycles. The molecular weight excluding hydrogens is 450 g/mol. The Hall–Kier alpha value is -3.51. The summed E-state index contributed by atoms with van der Waals surface area (Å²) in [5.41, 5.74) is 3.14. The lowest BCUT2D eigenvalue weighted by molar-refractivity contribution is 0.180. The summed E-state index contributed by atoms with van der Waals surface area (Å²) in [6.45, 7) is 2.78. The number of aromatic amines is 1. The van der Waals surface area contributed by atoms with E-state index in [9.17, 15) is 4.79 Å². The zero-order valence-electron chi connectivity index (χ0n) is 20.6. The van der Waals surface area contributed by atoms with Crippen molar-refractivity contribution < 1.29 is 9.47 Å². The number of H-pyrrole nitrogens is 1. The van der Waals surface area contributed by atoms with Crippen LogP contribution < -0.4 is 15.2 Å². The van der Waals surface area contributed by atoms with Crippen molar-refractivity contribution >= 4 is 11.0 Å². The molecule has 6 rings (SSSR count). The number of piperidine rings is 1. The first-order valence-electron chi connectivity index (χ1n) is 13.2. The van der Waals surface area contributed by atoms with E-state index in [2.05, 4.69) is 28.1 Å². The van der Waals surface area contributed by atoms with Crippen LogP contribution in [0.15, 0.2) is 77.6 Å². The van der Waals surface area contributed by atoms with E-state index in [-0.39, 0.29) is 11.7 Å². The molecule has 2 aliphatic rings. The van der Waals surface area contributed by atoms with E-state index in [1.807, 2.05) is 59.2 Å². The summed E-state index contributed by atoms with van der Waals surface area (Å²) >= 11 is 0. The first-order chi connectivity index (χ1) is 17.7. The van der Waals surface area contributed by atoms with Crippen molar-refractivity contribution in [3.05, 3.63) is 88.8 Å². The molecule has 1 N–H and O–H groups in total. The second kappa shape index (κ2) is 10.2. The molecular formula is C30H33N3O3. The Morgan fingerprint density at radius 1 is 0.833 bits per heavy atom. The van der Waals surface area contributed by atoms with E-state index in [0.717, 1.165) is 73.6 Å². The van der Waals surface area contributed by atoms with E-state index in [1.165, 1.54) is 18.4 Å². The summed E-state index contributed by atoms with van der Waals surface area (Å²) in [4.78, 5) is 18.1. The van der Waals surface area contributed by atoms with Gasteiger partial charge < -0.3 is 14.5 Å². The lowest BCUT2D eigenvalue weighted by atomic mass is 10.0. The van der Waals surface area contributed by atoms with Crippen LogP contribution in [-0.4, -0.2) is 33.6 Å². The summed E-state index contributed by atoms with van der Waals surface area (Å²) in [7, 11) is 0. The zero-order chi connectivity index (χ0) is 24.3. The van der Waals surface area contributed by atoms with Gasteiger partial charge in [0.25, 0.3) is 0 Å². The van der Waals surface area contributed by atoms with E-state index < -0.39 is 0 Å². The average molecular weight is 484 g/mol. The molecule has 36 heavy (non-hydrogen) atoms. The minimum atomic E-state index is -0.00306. The topological polar surface area (TPSA) is 59.5 Å². The third kappa shape index (κ3) is 4.91. The number of ether oxygens (including phenoxy) is 2. The van der Waals surface area contributed by atoms with Gasteiger partial charge in [-0.1, -0.05) is 36.4 Å². The maximum Gasteiger partial charge on any atom is 0.326 e. The van der Waals surface area contributed by atoms with Crippen molar-refractivity contribution in [2.24, 2.45) is 0 Å². The molecule has 3 aromatic carbocycles. The molecule has 6 heteroatoms. The van der Waals surface area contributed by atoms with E-state index in [4.69, 9.17) is 9.47 Å². The molecule has 6 nitrogen and oxygen atoms in total. The minimum absolute atomic E-state index is 0.00306. The molecule has 0 atom stereocenters. The van der Waals surface area contributed by atoms with Gasteiger partial charge in [0.15, 0.2) is 11.5 Å². The predicted octanol–water partition coefficient (Wildman–Crippen LogP) is 6.28. The van der Waals surface area contributed by atoms with E-state index in [1.54, 1.807) is 0 Å². The highest BCUT2D eigenvalue weighted by Gasteiger charge is 2.24. The fourth-order valence-electron chi connectivity index (χ4n) is 5.68. The number of imidazole rings is 1. The molecule has 4 aromatic rings. The van der Waals surface area contributed by atoms with Gasteiger partial charge in [0.2, 0.25) is 0 Å². The van der Waals surface area contributed by atoms with Gasteiger partial charge in [0.05, 0.1) is 17.1 Å². The number of aromatic nitrogens is 2. The third-order valence-corrected chi connectivity index (χ3v) is 7.52. The second-order valence-corrected chi connectivity index (χ2v) is 10.0. The van der Waals surface area contributed by atoms with E-state index >= 15 is 0 Å². The molecule has 186 valence electrons. The van der Waals surface area contributed by atoms with Gasteiger partial charge in [-0.25, -0.2) is 4.79 Å². The quantitative estimate of drug-likeness (QED) is 0.336. The number of para-hydroxylation sites is 4. The minimum Gasteiger partial charge on any atom is -0.487 e. The Labute approximate surface area is 211 Å². The second-order valence-electron chi connectivity index (χ2n) is 10.0. The normalized spacial score (nSPS) is 17.6. The van der Waals surface area contributed by atoms with Crippen LogP contribution in [-0.2, 0) is 6.54 Å². The Morgan fingerprint density at radius 3 is 2.42 bits per heavy atom. The van der Waals surface area contributed by atoms with Crippen LogP contribution in [0, 0.1) is 0 Å². The van der Waals surface area contributed by atoms with Crippen molar-refractivity contribution in [1.82, 2.24) is 14.5 Å². The maximum absolute atomic E-state index is 12.6. The molecule has 1 saturated carbocycles. The largest absolute Gasteiger partial charge is 0.487 e. The average Bonchev–Trinajstić information content (AvgIpc) is 3.53. The number of rotatable bonds is 7. The fourth-order valence-corrected chi connectivity index (χ4v) is 5.68. The summed E-state index contributed by atoms with van der Waals surface area (Å²) in [6.07, 6.45) is 6.94. The molecule has 1 aliphatic heterocycles. The lowest BCUT2D eigenvalue weighted by Gasteiger charge is -2.32. The molecule has 1 aliphatic carbocycles. The SMILES string of the molecule is O=c1[nH]c2ccccc2n1C1CCN(Cc2cccc(Oc3ccccc3OC3CCCC3)c2)CC1. The monoisotopic (exact) mass is 483 g/mol. The van der Waals surface area contributed by atoms with Gasteiger partial charge in [-0.05, 0) is 80.5 Å². The number of fused-ring (bicyclic) bond motifs is 1. The van der Waals surface area contributed by atoms with Gasteiger partial charge in [-0.3, -0.25) is 9.47 Å². The number of hydrogen-bond acceptors (Lipinski definition) is 4. The fraction of sp³-hybridized carbons (Fsp3) is 0.367. The number of nitrogens with zero attached hydrogens (tertiary/aromatic N) is 2. The molecule has 0 spiro atoms. The standard InChI is InChI=1S/C30H33N3O3/c34-30-31-26-12-3-4-13-27(26)33(30)23-16-18-32(19-17-23)21-22-8-7-11-25(20-22)36-29-15-6-5-14-28(29)35-24-9-1-2-10-24/h3-8,11-15,20,23-24H,1-2,9-10,16-19,21H2,(H,31,34). The molecule has 0 bridgehead atoms. The molecule has 2 fully saturated rings. The van der Waals surface area contributed by atoms with E-state index in [0.29, 0.717) is 6.10 Å². The first kappa shape index (κ1) is 22.9. The smallest absolute Gasteiger partial charge is 0.326 e. The van der Waals surface area contributed by atoms with Crippen LogP contribution in [0.1, 0.15) is 50.1 Å². The Bertz CT molecular complexity index is 1380. The van der Waals surface area contributed by atoms with Crippen LogP contribution in [0.25, 0.3) is 11.0 Å². The van der Waals surface area contributed by atoms with Crippen molar-refractivity contribution in [2.75, 3.05) is 13.1 Å². The maximum atomic E-state index is 12.6.